The van der Waals surface area contributed by atoms with E-state index in [1.165, 1.54) is 0 Å². The molecule has 2 atom stereocenters. The number of hydrogen-bond acceptors (Lipinski definition) is 3. The van der Waals surface area contributed by atoms with Crippen LogP contribution in [-0.2, 0) is 9.53 Å². The van der Waals surface area contributed by atoms with Crippen molar-refractivity contribution < 1.29 is 9.53 Å². The van der Waals surface area contributed by atoms with Crippen LogP contribution >= 0.6 is 15.9 Å². The van der Waals surface area contributed by atoms with Crippen LogP contribution in [0.1, 0.15) is 25.5 Å². The van der Waals surface area contributed by atoms with E-state index < -0.39 is 6.04 Å². The number of nitrogens with zero attached hydrogens (tertiary/aromatic N) is 1. The van der Waals surface area contributed by atoms with E-state index >= 15 is 0 Å². The first-order valence-corrected chi connectivity index (χ1v) is 7.69. The van der Waals surface area contributed by atoms with Crippen LogP contribution in [0.2, 0.25) is 0 Å². The number of carbonyl (C=O) groups excluding carboxylic acids is 1. The second-order valence-electron chi connectivity index (χ2n) is 5.47. The Balaban J connectivity index is 2.05. The molecule has 1 fully saturated rings. The van der Waals surface area contributed by atoms with E-state index in [1.807, 2.05) is 43.0 Å². The Bertz CT molecular complexity index is 461. The molecular formula is C15H21BrN2O2. The van der Waals surface area contributed by atoms with Gasteiger partial charge in [-0.05, 0) is 23.6 Å². The number of morpholine rings is 1. The third kappa shape index (κ3) is 3.59. The van der Waals surface area contributed by atoms with Crippen molar-refractivity contribution in [1.29, 1.82) is 0 Å². The van der Waals surface area contributed by atoms with Gasteiger partial charge in [0.05, 0.1) is 19.2 Å². The Labute approximate surface area is 128 Å². The third-order valence-corrected chi connectivity index (χ3v) is 4.15. The van der Waals surface area contributed by atoms with Crippen LogP contribution in [0.3, 0.4) is 0 Å². The largest absolute Gasteiger partial charge is 0.370 e. The van der Waals surface area contributed by atoms with Gasteiger partial charge in [-0.2, -0.15) is 0 Å². The lowest BCUT2D eigenvalue weighted by atomic mass is 10.0. The van der Waals surface area contributed by atoms with Crippen LogP contribution < -0.4 is 5.73 Å². The summed E-state index contributed by atoms with van der Waals surface area (Å²) in [7, 11) is 0. The monoisotopic (exact) mass is 340 g/mol. The average molecular weight is 341 g/mol. The Morgan fingerprint density at radius 1 is 1.40 bits per heavy atom. The van der Waals surface area contributed by atoms with E-state index in [0.717, 1.165) is 10.0 Å². The molecule has 0 aliphatic carbocycles. The molecule has 2 N–H and O–H groups in total. The molecule has 1 amide bonds. The average Bonchev–Trinajstić information content (AvgIpc) is 2.46. The van der Waals surface area contributed by atoms with Gasteiger partial charge in [-0.1, -0.05) is 41.9 Å². The van der Waals surface area contributed by atoms with E-state index in [4.69, 9.17) is 10.5 Å². The number of rotatable bonds is 3. The van der Waals surface area contributed by atoms with Gasteiger partial charge in [-0.25, -0.2) is 0 Å². The van der Waals surface area contributed by atoms with E-state index in [0.29, 0.717) is 19.7 Å². The number of halogens is 1. The highest BCUT2D eigenvalue weighted by Gasteiger charge is 2.29. The number of amides is 1. The zero-order valence-electron chi connectivity index (χ0n) is 11.9. The molecule has 0 unspecified atom stereocenters. The third-order valence-electron chi connectivity index (χ3n) is 3.62. The Morgan fingerprint density at radius 2 is 2.05 bits per heavy atom. The molecule has 1 heterocycles. The van der Waals surface area contributed by atoms with Gasteiger partial charge in [0, 0.05) is 11.0 Å². The van der Waals surface area contributed by atoms with Gasteiger partial charge in [0.25, 0.3) is 0 Å². The summed E-state index contributed by atoms with van der Waals surface area (Å²) in [5.74, 6) is 0.168. The molecule has 0 bridgehead atoms. The summed E-state index contributed by atoms with van der Waals surface area (Å²) >= 11 is 3.42. The molecule has 5 heteroatoms. The minimum absolute atomic E-state index is 0.0189. The lowest BCUT2D eigenvalue weighted by molar-refractivity contribution is -0.141. The SMILES string of the molecule is CC(C)[C@H](N)C(=O)N1CCO[C@H](c2ccc(Br)cc2)C1. The maximum Gasteiger partial charge on any atom is 0.239 e. The number of ether oxygens (including phenoxy) is 1. The molecule has 1 aromatic carbocycles. The van der Waals surface area contributed by atoms with Crippen molar-refractivity contribution in [1.82, 2.24) is 4.90 Å². The van der Waals surface area contributed by atoms with Gasteiger partial charge in [-0.15, -0.1) is 0 Å². The Kier molecular flexibility index (Phi) is 5.18. The minimum atomic E-state index is -0.432. The molecule has 4 nitrogen and oxygen atoms in total. The summed E-state index contributed by atoms with van der Waals surface area (Å²) < 4.78 is 6.81. The Hall–Kier alpha value is -0.910. The molecule has 20 heavy (non-hydrogen) atoms. The summed E-state index contributed by atoms with van der Waals surface area (Å²) in [5, 5.41) is 0. The second-order valence-corrected chi connectivity index (χ2v) is 6.38. The first-order chi connectivity index (χ1) is 9.49. The highest BCUT2D eigenvalue weighted by Crippen LogP contribution is 2.24. The molecule has 1 aliphatic rings. The van der Waals surface area contributed by atoms with Gasteiger partial charge >= 0.3 is 0 Å². The van der Waals surface area contributed by atoms with Crippen molar-refractivity contribution in [2.45, 2.75) is 26.0 Å². The van der Waals surface area contributed by atoms with Crippen molar-refractivity contribution in [3.63, 3.8) is 0 Å². The first-order valence-electron chi connectivity index (χ1n) is 6.90. The standard InChI is InChI=1S/C15H21BrN2O2/c1-10(2)14(17)15(19)18-7-8-20-13(9-18)11-3-5-12(16)6-4-11/h3-6,10,13-14H,7-9,17H2,1-2H3/t13-,14-/m0/s1. The molecule has 1 aromatic rings. The van der Waals surface area contributed by atoms with Crippen LogP contribution in [0.15, 0.2) is 28.7 Å². The topological polar surface area (TPSA) is 55.6 Å². The molecule has 0 spiro atoms. The van der Waals surface area contributed by atoms with Crippen LogP contribution in [0.5, 0.6) is 0 Å². The van der Waals surface area contributed by atoms with E-state index in [1.54, 1.807) is 0 Å². The van der Waals surface area contributed by atoms with Crippen LogP contribution in [0.25, 0.3) is 0 Å². The molecule has 0 radical (unpaired) electrons. The van der Waals surface area contributed by atoms with Crippen LogP contribution in [0, 0.1) is 5.92 Å². The predicted octanol–water partition coefficient (Wildman–Crippen LogP) is 2.33. The van der Waals surface area contributed by atoms with E-state index in [9.17, 15) is 4.79 Å². The maximum absolute atomic E-state index is 12.3. The molecule has 110 valence electrons. The van der Waals surface area contributed by atoms with Crippen LogP contribution in [-0.4, -0.2) is 36.5 Å². The molecule has 1 aliphatic heterocycles. The lowest BCUT2D eigenvalue weighted by Gasteiger charge is -2.35. The van der Waals surface area contributed by atoms with Crippen molar-refractivity contribution in [2.24, 2.45) is 11.7 Å². The van der Waals surface area contributed by atoms with E-state index in [2.05, 4.69) is 15.9 Å². The zero-order valence-corrected chi connectivity index (χ0v) is 13.5. The number of carbonyl (C=O) groups is 1. The van der Waals surface area contributed by atoms with Crippen LogP contribution in [0.4, 0.5) is 0 Å². The highest BCUT2D eigenvalue weighted by atomic mass is 79.9. The Morgan fingerprint density at radius 3 is 2.65 bits per heavy atom. The zero-order chi connectivity index (χ0) is 14.7. The summed E-state index contributed by atoms with van der Waals surface area (Å²) in [6, 6.07) is 7.58. The quantitative estimate of drug-likeness (QED) is 0.918. The van der Waals surface area contributed by atoms with Gasteiger partial charge in [0.2, 0.25) is 5.91 Å². The smallest absolute Gasteiger partial charge is 0.239 e. The van der Waals surface area contributed by atoms with E-state index in [-0.39, 0.29) is 17.9 Å². The number of benzene rings is 1. The fraction of sp³-hybridized carbons (Fsp3) is 0.533. The highest BCUT2D eigenvalue weighted by molar-refractivity contribution is 9.10. The molecule has 1 saturated heterocycles. The van der Waals surface area contributed by atoms with Crippen molar-refractivity contribution in [2.75, 3.05) is 19.7 Å². The summed E-state index contributed by atoms with van der Waals surface area (Å²) in [6.07, 6.45) is -0.0693. The summed E-state index contributed by atoms with van der Waals surface area (Å²) in [4.78, 5) is 14.1. The summed E-state index contributed by atoms with van der Waals surface area (Å²) in [5.41, 5.74) is 7.04. The number of hydrogen-bond donors (Lipinski definition) is 1. The molecule has 0 saturated carbocycles. The van der Waals surface area contributed by atoms with Gasteiger partial charge in [-0.3, -0.25) is 4.79 Å². The molecular weight excluding hydrogens is 320 g/mol. The van der Waals surface area contributed by atoms with Gasteiger partial charge < -0.3 is 15.4 Å². The fourth-order valence-corrected chi connectivity index (χ4v) is 2.49. The second kappa shape index (κ2) is 6.70. The minimum Gasteiger partial charge on any atom is -0.370 e. The maximum atomic E-state index is 12.3. The van der Waals surface area contributed by atoms with Crippen molar-refractivity contribution >= 4 is 21.8 Å². The lowest BCUT2D eigenvalue weighted by Crippen LogP contribution is -2.51. The van der Waals surface area contributed by atoms with Gasteiger partial charge in [0.15, 0.2) is 0 Å². The predicted molar refractivity (Wildman–Crippen MR) is 82.2 cm³/mol. The van der Waals surface area contributed by atoms with Gasteiger partial charge in [0.1, 0.15) is 6.10 Å². The van der Waals surface area contributed by atoms with Crippen molar-refractivity contribution in [3.8, 4) is 0 Å². The normalized spacial score (nSPS) is 21.1. The van der Waals surface area contributed by atoms with Crippen molar-refractivity contribution in [3.05, 3.63) is 34.3 Å². The number of nitrogens with two attached hydrogens (primary N) is 1. The first kappa shape index (κ1) is 15.5. The summed E-state index contributed by atoms with van der Waals surface area (Å²) in [6.45, 7) is 5.68. The molecule has 0 aromatic heterocycles. The molecule has 2 rings (SSSR count). The fourth-order valence-electron chi connectivity index (χ4n) is 2.22.